The molecule has 2 heterocycles. The molecule has 2 aromatic rings. The molecule has 2 aromatic heterocycles. The lowest BCUT2D eigenvalue weighted by molar-refractivity contribution is 0.701. The number of imidazole rings is 1. The van der Waals surface area contributed by atoms with E-state index < -0.39 is 0 Å². The van der Waals surface area contributed by atoms with Gasteiger partial charge in [0.15, 0.2) is 5.65 Å². The number of rotatable bonds is 3. The average molecular weight is 217 g/mol. The minimum absolute atomic E-state index is 0.518. The van der Waals surface area contributed by atoms with Gasteiger partial charge >= 0.3 is 0 Å². The van der Waals surface area contributed by atoms with Crippen LogP contribution in [0.3, 0.4) is 0 Å². The van der Waals surface area contributed by atoms with E-state index in [9.17, 15) is 0 Å². The zero-order valence-electron chi connectivity index (χ0n) is 10.5. The van der Waals surface area contributed by atoms with Crippen LogP contribution in [0.25, 0.3) is 11.2 Å². The molecule has 0 aliphatic carbocycles. The normalized spacial score (nSPS) is 13.2. The van der Waals surface area contributed by atoms with E-state index >= 15 is 0 Å². The van der Waals surface area contributed by atoms with Gasteiger partial charge in [-0.15, -0.1) is 0 Å². The number of nitrogens with zero attached hydrogens (tertiary/aromatic N) is 3. The van der Waals surface area contributed by atoms with Gasteiger partial charge < -0.3 is 4.57 Å². The third kappa shape index (κ3) is 1.70. The van der Waals surface area contributed by atoms with Crippen molar-refractivity contribution in [3.8, 4) is 0 Å². The second-order valence-corrected chi connectivity index (χ2v) is 4.29. The summed E-state index contributed by atoms with van der Waals surface area (Å²) in [6, 6.07) is 4.19. The van der Waals surface area contributed by atoms with Gasteiger partial charge in [0.2, 0.25) is 0 Å². The fourth-order valence-electron chi connectivity index (χ4n) is 1.99. The van der Waals surface area contributed by atoms with Crippen LogP contribution in [0.15, 0.2) is 12.1 Å². The molecule has 3 heteroatoms. The lowest BCUT2D eigenvalue weighted by atomic mass is 10.0. The first-order chi connectivity index (χ1) is 7.67. The van der Waals surface area contributed by atoms with Crippen LogP contribution in [0.1, 0.15) is 44.6 Å². The minimum atomic E-state index is 0.518. The van der Waals surface area contributed by atoms with Gasteiger partial charge in [-0.05, 0) is 38.3 Å². The van der Waals surface area contributed by atoms with Crippen LogP contribution in [-0.2, 0) is 6.54 Å². The number of fused-ring (bicyclic) bond motifs is 1. The summed E-state index contributed by atoms with van der Waals surface area (Å²) in [5.74, 6) is 1.57. The Balaban J connectivity index is 2.59. The van der Waals surface area contributed by atoms with E-state index in [0.29, 0.717) is 5.92 Å². The SMILES string of the molecule is CCC(C)c1ccc2nc(C)n(CC)c2n1. The first kappa shape index (κ1) is 11.1. The molecular formula is C13H19N3. The molecule has 1 unspecified atom stereocenters. The van der Waals surface area contributed by atoms with Gasteiger partial charge in [0.05, 0.1) is 0 Å². The lowest BCUT2D eigenvalue weighted by Gasteiger charge is -2.08. The number of hydrogen-bond acceptors (Lipinski definition) is 2. The van der Waals surface area contributed by atoms with Crippen LogP contribution < -0.4 is 0 Å². The molecule has 0 saturated heterocycles. The van der Waals surface area contributed by atoms with Crippen LogP contribution in [0.5, 0.6) is 0 Å². The highest BCUT2D eigenvalue weighted by molar-refractivity contribution is 5.71. The molecule has 1 atom stereocenters. The third-order valence-electron chi connectivity index (χ3n) is 3.24. The average Bonchev–Trinajstić information content (AvgIpc) is 2.62. The molecule has 16 heavy (non-hydrogen) atoms. The smallest absolute Gasteiger partial charge is 0.160 e. The van der Waals surface area contributed by atoms with E-state index in [2.05, 4.69) is 42.5 Å². The van der Waals surface area contributed by atoms with Gasteiger partial charge in [-0.2, -0.15) is 0 Å². The lowest BCUT2D eigenvalue weighted by Crippen LogP contribution is -2.01. The second-order valence-electron chi connectivity index (χ2n) is 4.29. The molecule has 0 bridgehead atoms. The molecule has 0 N–H and O–H groups in total. The second kappa shape index (κ2) is 4.24. The molecule has 0 fully saturated rings. The molecule has 0 saturated carbocycles. The zero-order chi connectivity index (χ0) is 11.7. The molecule has 0 aliphatic heterocycles. The zero-order valence-corrected chi connectivity index (χ0v) is 10.5. The Hall–Kier alpha value is -1.38. The van der Waals surface area contributed by atoms with Gasteiger partial charge in [0.25, 0.3) is 0 Å². The Morgan fingerprint density at radius 1 is 1.25 bits per heavy atom. The summed E-state index contributed by atoms with van der Waals surface area (Å²) >= 11 is 0. The van der Waals surface area contributed by atoms with Crippen molar-refractivity contribution in [2.45, 2.75) is 46.6 Å². The number of aryl methyl sites for hydroxylation is 2. The fourth-order valence-corrected chi connectivity index (χ4v) is 1.99. The van der Waals surface area contributed by atoms with E-state index in [1.54, 1.807) is 0 Å². The Morgan fingerprint density at radius 3 is 2.62 bits per heavy atom. The van der Waals surface area contributed by atoms with Crippen molar-refractivity contribution in [1.29, 1.82) is 0 Å². The molecule has 86 valence electrons. The summed E-state index contributed by atoms with van der Waals surface area (Å²) in [6.45, 7) is 9.51. The number of aromatic nitrogens is 3. The highest BCUT2D eigenvalue weighted by Crippen LogP contribution is 2.20. The van der Waals surface area contributed by atoms with Gasteiger partial charge in [0.1, 0.15) is 11.3 Å². The van der Waals surface area contributed by atoms with Crippen LogP contribution in [0.2, 0.25) is 0 Å². The first-order valence-corrected chi connectivity index (χ1v) is 6.01. The van der Waals surface area contributed by atoms with Crippen LogP contribution in [0, 0.1) is 6.92 Å². The predicted molar refractivity (Wildman–Crippen MR) is 66.6 cm³/mol. The standard InChI is InChI=1S/C13H19N3/c1-5-9(3)11-7-8-12-13(15-11)16(6-2)10(4)14-12/h7-9H,5-6H2,1-4H3. The van der Waals surface area contributed by atoms with E-state index in [1.807, 2.05) is 6.92 Å². The maximum absolute atomic E-state index is 4.74. The van der Waals surface area contributed by atoms with Crippen molar-refractivity contribution in [3.05, 3.63) is 23.7 Å². The molecule has 0 aromatic carbocycles. The minimum Gasteiger partial charge on any atom is -0.313 e. The van der Waals surface area contributed by atoms with Crippen molar-refractivity contribution in [2.24, 2.45) is 0 Å². The Labute approximate surface area is 96.5 Å². The van der Waals surface area contributed by atoms with Crippen molar-refractivity contribution >= 4 is 11.2 Å². The highest BCUT2D eigenvalue weighted by atomic mass is 15.1. The van der Waals surface area contributed by atoms with E-state index in [0.717, 1.165) is 30.0 Å². The molecule has 0 spiro atoms. The summed E-state index contributed by atoms with van der Waals surface area (Å²) in [5.41, 5.74) is 3.20. The molecule has 3 nitrogen and oxygen atoms in total. The summed E-state index contributed by atoms with van der Waals surface area (Å²) in [5, 5.41) is 0. The third-order valence-corrected chi connectivity index (χ3v) is 3.24. The first-order valence-electron chi connectivity index (χ1n) is 6.01. The molecule has 0 radical (unpaired) electrons. The van der Waals surface area contributed by atoms with Gasteiger partial charge in [-0.1, -0.05) is 13.8 Å². The molecular weight excluding hydrogens is 198 g/mol. The number of pyridine rings is 1. The van der Waals surface area contributed by atoms with Crippen LogP contribution >= 0.6 is 0 Å². The Morgan fingerprint density at radius 2 is 2.00 bits per heavy atom. The van der Waals surface area contributed by atoms with E-state index in [-0.39, 0.29) is 0 Å². The van der Waals surface area contributed by atoms with Gasteiger partial charge in [-0.25, -0.2) is 9.97 Å². The van der Waals surface area contributed by atoms with E-state index in [1.165, 1.54) is 5.69 Å². The number of hydrogen-bond donors (Lipinski definition) is 0. The summed E-state index contributed by atoms with van der Waals surface area (Å²) in [7, 11) is 0. The Kier molecular flexibility index (Phi) is 2.95. The fraction of sp³-hybridized carbons (Fsp3) is 0.538. The van der Waals surface area contributed by atoms with Crippen LogP contribution in [0.4, 0.5) is 0 Å². The topological polar surface area (TPSA) is 30.7 Å². The Bertz CT molecular complexity index is 499. The van der Waals surface area contributed by atoms with Crippen molar-refractivity contribution in [1.82, 2.24) is 14.5 Å². The summed E-state index contributed by atoms with van der Waals surface area (Å²) in [4.78, 5) is 9.25. The monoisotopic (exact) mass is 217 g/mol. The maximum Gasteiger partial charge on any atom is 0.160 e. The van der Waals surface area contributed by atoms with Gasteiger partial charge in [0, 0.05) is 12.2 Å². The highest BCUT2D eigenvalue weighted by Gasteiger charge is 2.10. The summed E-state index contributed by atoms with van der Waals surface area (Å²) in [6.07, 6.45) is 1.12. The van der Waals surface area contributed by atoms with Crippen LogP contribution in [-0.4, -0.2) is 14.5 Å². The van der Waals surface area contributed by atoms with Crippen molar-refractivity contribution < 1.29 is 0 Å². The molecule has 0 aliphatic rings. The summed E-state index contributed by atoms with van der Waals surface area (Å²) < 4.78 is 2.17. The quantitative estimate of drug-likeness (QED) is 0.790. The largest absolute Gasteiger partial charge is 0.313 e. The van der Waals surface area contributed by atoms with Crippen molar-refractivity contribution in [3.63, 3.8) is 0 Å². The van der Waals surface area contributed by atoms with Crippen molar-refractivity contribution in [2.75, 3.05) is 0 Å². The predicted octanol–water partition coefficient (Wildman–Crippen LogP) is 3.27. The maximum atomic E-state index is 4.74. The van der Waals surface area contributed by atoms with Gasteiger partial charge in [-0.3, -0.25) is 0 Å². The molecule has 2 rings (SSSR count). The molecule has 0 amide bonds. The van der Waals surface area contributed by atoms with E-state index in [4.69, 9.17) is 4.98 Å².